The molecule has 2 unspecified atom stereocenters. The van der Waals surface area contributed by atoms with E-state index in [1.54, 1.807) is 41.1 Å². The Balaban J connectivity index is 1.32. The standard InChI is InChI=1S/C30H33ClFN5O4/c1-30(2,3)41-29(40)36(4)18-9-11-37(12-10-18)28(39)17-5-7-19-24(14-17)35-26-20(27(33)38)15-23(34-25(19)26)16-6-8-22(32)21(31)13-16/h5-8,13-15,18,25-26,35H,9-12H2,1-4H3,(H2,33,38). The van der Waals surface area contributed by atoms with Crippen LogP contribution in [0.5, 0.6) is 0 Å². The average molecular weight is 582 g/mol. The SMILES string of the molecule is CN(C(=O)OC(C)(C)C)C1CCN(C(=O)c2ccc3c(c2)NC2C(C(N)=O)=CC(c4ccc(F)c(Cl)c4)=NC32)CC1. The molecule has 2 aromatic rings. The van der Waals surface area contributed by atoms with E-state index in [1.807, 2.05) is 26.8 Å². The van der Waals surface area contributed by atoms with Gasteiger partial charge in [-0.1, -0.05) is 17.7 Å². The molecular weight excluding hydrogens is 549 g/mol. The molecule has 5 rings (SSSR count). The first-order valence-electron chi connectivity index (χ1n) is 13.5. The maximum atomic E-state index is 13.7. The van der Waals surface area contributed by atoms with E-state index in [-0.39, 0.29) is 23.1 Å². The van der Waals surface area contributed by atoms with Crippen molar-refractivity contribution in [3.63, 3.8) is 0 Å². The van der Waals surface area contributed by atoms with Crippen molar-refractivity contribution in [2.75, 3.05) is 25.5 Å². The molecule has 11 heteroatoms. The number of ether oxygens (including phenoxy) is 1. The number of hydrogen-bond acceptors (Lipinski definition) is 6. The lowest BCUT2D eigenvalue weighted by Crippen LogP contribution is -2.48. The number of fused-ring (bicyclic) bond motifs is 3. The lowest BCUT2D eigenvalue weighted by molar-refractivity contribution is -0.114. The quantitative estimate of drug-likeness (QED) is 0.543. The second kappa shape index (κ2) is 10.8. The number of dihydropyridines is 1. The van der Waals surface area contributed by atoms with Crippen LogP contribution in [0, 0.1) is 5.82 Å². The van der Waals surface area contributed by atoms with Crippen molar-refractivity contribution < 1.29 is 23.5 Å². The fraction of sp³-hybridized carbons (Fsp3) is 0.400. The van der Waals surface area contributed by atoms with Crippen LogP contribution < -0.4 is 11.1 Å². The normalized spacial score (nSPS) is 20.3. The summed E-state index contributed by atoms with van der Waals surface area (Å²) in [6.07, 6.45) is 2.52. The molecule has 216 valence electrons. The predicted molar refractivity (Wildman–Crippen MR) is 155 cm³/mol. The number of allylic oxidation sites excluding steroid dienone is 1. The molecule has 41 heavy (non-hydrogen) atoms. The monoisotopic (exact) mass is 581 g/mol. The molecule has 0 bridgehead atoms. The number of nitrogens with one attached hydrogen (secondary N) is 1. The minimum absolute atomic E-state index is 0.0132. The van der Waals surface area contributed by atoms with Gasteiger partial charge in [-0.25, -0.2) is 9.18 Å². The summed E-state index contributed by atoms with van der Waals surface area (Å²) in [7, 11) is 1.73. The first-order valence-corrected chi connectivity index (χ1v) is 13.9. The number of amides is 3. The first kappa shape index (κ1) is 28.6. The molecule has 3 heterocycles. The molecule has 9 nitrogen and oxygen atoms in total. The van der Waals surface area contributed by atoms with Gasteiger partial charge >= 0.3 is 6.09 Å². The van der Waals surface area contributed by atoms with Gasteiger partial charge in [0.15, 0.2) is 0 Å². The number of anilines is 1. The highest BCUT2D eigenvalue weighted by atomic mass is 35.5. The fourth-order valence-electron chi connectivity index (χ4n) is 5.47. The summed E-state index contributed by atoms with van der Waals surface area (Å²) in [6, 6.07) is 8.67. The van der Waals surface area contributed by atoms with E-state index in [0.717, 1.165) is 5.56 Å². The highest BCUT2D eigenvalue weighted by molar-refractivity contribution is 6.31. The van der Waals surface area contributed by atoms with Crippen LogP contribution in [0.25, 0.3) is 0 Å². The van der Waals surface area contributed by atoms with Gasteiger partial charge in [0.05, 0.1) is 16.8 Å². The van der Waals surface area contributed by atoms with Gasteiger partial charge in [-0.05, 0) is 70.0 Å². The Kier molecular flexibility index (Phi) is 7.54. The van der Waals surface area contributed by atoms with Crippen molar-refractivity contribution >= 4 is 40.9 Å². The molecule has 0 radical (unpaired) electrons. The summed E-state index contributed by atoms with van der Waals surface area (Å²) in [4.78, 5) is 46.5. The van der Waals surface area contributed by atoms with Crippen molar-refractivity contribution in [2.24, 2.45) is 10.7 Å². The molecule has 0 saturated carbocycles. The highest BCUT2D eigenvalue weighted by Gasteiger charge is 2.40. The van der Waals surface area contributed by atoms with Gasteiger partial charge in [-0.15, -0.1) is 0 Å². The van der Waals surface area contributed by atoms with Crippen LogP contribution in [0.1, 0.15) is 61.1 Å². The number of halogens is 2. The number of carbonyl (C=O) groups is 3. The molecule has 3 aliphatic rings. The molecule has 1 saturated heterocycles. The largest absolute Gasteiger partial charge is 0.444 e. The molecule has 3 N–H and O–H groups in total. The van der Waals surface area contributed by atoms with Gasteiger partial charge in [-0.3, -0.25) is 14.6 Å². The van der Waals surface area contributed by atoms with Gasteiger partial charge in [0.2, 0.25) is 5.91 Å². The predicted octanol–water partition coefficient (Wildman–Crippen LogP) is 4.70. The first-order chi connectivity index (χ1) is 19.3. The van der Waals surface area contributed by atoms with E-state index in [9.17, 15) is 18.8 Å². The van der Waals surface area contributed by atoms with Crippen LogP contribution in [0.2, 0.25) is 5.02 Å². The van der Waals surface area contributed by atoms with Crippen LogP contribution >= 0.6 is 11.6 Å². The van der Waals surface area contributed by atoms with Crippen LogP contribution in [0.15, 0.2) is 53.0 Å². The van der Waals surface area contributed by atoms with Gasteiger partial charge < -0.3 is 25.6 Å². The number of piperidine rings is 1. The fourth-order valence-corrected chi connectivity index (χ4v) is 5.65. The summed E-state index contributed by atoms with van der Waals surface area (Å²) < 4.78 is 19.2. The number of likely N-dealkylation sites (tertiary alicyclic amines) is 1. The molecule has 3 aliphatic heterocycles. The molecule has 0 spiro atoms. The minimum Gasteiger partial charge on any atom is -0.444 e. The second-order valence-corrected chi connectivity index (χ2v) is 12.0. The molecule has 0 aromatic heterocycles. The van der Waals surface area contributed by atoms with E-state index in [0.29, 0.717) is 54.0 Å². The van der Waals surface area contributed by atoms with Crippen molar-refractivity contribution in [3.8, 4) is 0 Å². The number of rotatable bonds is 4. The summed E-state index contributed by atoms with van der Waals surface area (Å²) in [6.45, 7) is 6.51. The van der Waals surface area contributed by atoms with E-state index in [2.05, 4.69) is 5.32 Å². The zero-order valence-electron chi connectivity index (χ0n) is 23.4. The Bertz CT molecular complexity index is 1480. The Hall–Kier alpha value is -3.92. The number of nitrogens with two attached hydrogens (primary N) is 1. The van der Waals surface area contributed by atoms with Crippen molar-refractivity contribution in [1.29, 1.82) is 0 Å². The van der Waals surface area contributed by atoms with Crippen molar-refractivity contribution in [3.05, 3.63) is 75.6 Å². The average Bonchev–Trinajstić information content (AvgIpc) is 3.30. The van der Waals surface area contributed by atoms with E-state index < -0.39 is 29.4 Å². The molecule has 3 amide bonds. The topological polar surface area (TPSA) is 117 Å². The minimum atomic E-state index is -0.601. The Morgan fingerprint density at radius 3 is 2.49 bits per heavy atom. The van der Waals surface area contributed by atoms with Crippen molar-refractivity contribution in [2.45, 2.75) is 57.3 Å². The summed E-state index contributed by atoms with van der Waals surface area (Å²) in [5, 5.41) is 3.27. The molecular formula is C30H33ClFN5O4. The summed E-state index contributed by atoms with van der Waals surface area (Å²) >= 11 is 5.98. The summed E-state index contributed by atoms with van der Waals surface area (Å²) in [5.41, 5.74) is 8.54. The van der Waals surface area contributed by atoms with Crippen LogP contribution in [-0.4, -0.2) is 71.2 Å². The Morgan fingerprint density at radius 2 is 1.85 bits per heavy atom. The third-order valence-corrected chi connectivity index (χ3v) is 7.92. The lowest BCUT2D eigenvalue weighted by atomic mass is 9.91. The molecule has 1 fully saturated rings. The summed E-state index contributed by atoms with van der Waals surface area (Å²) in [5.74, 6) is -1.26. The number of benzene rings is 2. The lowest BCUT2D eigenvalue weighted by Gasteiger charge is -2.37. The third-order valence-electron chi connectivity index (χ3n) is 7.63. The number of nitrogens with zero attached hydrogens (tertiary/aromatic N) is 3. The highest BCUT2D eigenvalue weighted by Crippen LogP contribution is 2.43. The second-order valence-electron chi connectivity index (χ2n) is 11.6. The molecule has 0 aliphatic carbocycles. The number of hydrogen-bond donors (Lipinski definition) is 2. The van der Waals surface area contributed by atoms with E-state index in [1.165, 1.54) is 12.1 Å². The molecule has 2 aromatic carbocycles. The Labute approximate surface area is 243 Å². The number of carbonyl (C=O) groups excluding carboxylic acids is 3. The van der Waals surface area contributed by atoms with E-state index >= 15 is 0 Å². The van der Waals surface area contributed by atoms with Crippen molar-refractivity contribution in [1.82, 2.24) is 9.80 Å². The van der Waals surface area contributed by atoms with Gasteiger partial charge in [0.25, 0.3) is 5.91 Å². The maximum Gasteiger partial charge on any atom is 0.410 e. The smallest absolute Gasteiger partial charge is 0.410 e. The van der Waals surface area contributed by atoms with Gasteiger partial charge in [-0.2, -0.15) is 0 Å². The maximum absolute atomic E-state index is 13.7. The zero-order valence-corrected chi connectivity index (χ0v) is 24.2. The van der Waals surface area contributed by atoms with Gasteiger partial charge in [0, 0.05) is 54.1 Å². The number of primary amides is 1. The zero-order chi connectivity index (χ0) is 29.6. The molecule has 2 atom stereocenters. The van der Waals surface area contributed by atoms with Crippen LogP contribution in [0.3, 0.4) is 0 Å². The third kappa shape index (κ3) is 5.79. The number of aliphatic imine (C=N–C) groups is 1. The Morgan fingerprint density at radius 1 is 1.15 bits per heavy atom. The van der Waals surface area contributed by atoms with Crippen LogP contribution in [0.4, 0.5) is 14.9 Å². The van der Waals surface area contributed by atoms with E-state index in [4.69, 9.17) is 27.1 Å². The van der Waals surface area contributed by atoms with Crippen LogP contribution in [-0.2, 0) is 9.53 Å². The van der Waals surface area contributed by atoms with Gasteiger partial charge in [0.1, 0.15) is 17.5 Å².